The van der Waals surface area contributed by atoms with E-state index in [1.807, 2.05) is 11.8 Å². The number of nitrogens with two attached hydrogens (primary N) is 1. The largest absolute Gasteiger partial charge is 0.382 e. The van der Waals surface area contributed by atoms with Crippen molar-refractivity contribution in [2.75, 3.05) is 55.4 Å². The number of nitrogens with zero attached hydrogens (tertiary/aromatic N) is 2. The first-order valence-electron chi connectivity index (χ1n) is 7.21. The van der Waals surface area contributed by atoms with Gasteiger partial charge in [-0.25, -0.2) is 4.98 Å². The number of carbonyl (C=O) groups is 1. The first-order chi connectivity index (χ1) is 10.2. The Morgan fingerprint density at radius 3 is 2.95 bits per heavy atom. The summed E-state index contributed by atoms with van der Waals surface area (Å²) in [6.07, 6.45) is 4.20. The molecule has 1 saturated heterocycles. The molecule has 1 aromatic rings. The monoisotopic (exact) mass is 329 g/mol. The number of aromatic nitrogens is 1. The zero-order valence-electron chi connectivity index (χ0n) is 12.4. The molecular formula is C13H23N5OS2. The standard InChI is InChI=1S/C13H23N5OS2/c1-20-9-3-2-4-16-12(19)10-11(14)17-13(21-10)18-7-5-15-6-8-18/h15H,2-9,14H2,1H3,(H,16,19). The Morgan fingerprint density at radius 1 is 1.48 bits per heavy atom. The van der Waals surface area contributed by atoms with Crippen molar-refractivity contribution in [2.45, 2.75) is 12.8 Å². The number of rotatable bonds is 7. The zero-order chi connectivity index (χ0) is 15.1. The van der Waals surface area contributed by atoms with Crippen molar-refractivity contribution in [3.05, 3.63) is 4.88 Å². The molecule has 2 heterocycles. The molecule has 1 aromatic heterocycles. The van der Waals surface area contributed by atoms with Crippen molar-refractivity contribution >= 4 is 40.0 Å². The summed E-state index contributed by atoms with van der Waals surface area (Å²) in [5.74, 6) is 1.37. The van der Waals surface area contributed by atoms with E-state index in [1.165, 1.54) is 11.3 Å². The third-order valence-electron chi connectivity index (χ3n) is 3.30. The molecule has 1 fully saturated rings. The fraction of sp³-hybridized carbons (Fsp3) is 0.692. The van der Waals surface area contributed by atoms with Gasteiger partial charge in [0.25, 0.3) is 5.91 Å². The van der Waals surface area contributed by atoms with Crippen LogP contribution in [-0.2, 0) is 0 Å². The molecule has 21 heavy (non-hydrogen) atoms. The van der Waals surface area contributed by atoms with E-state index >= 15 is 0 Å². The minimum absolute atomic E-state index is 0.101. The van der Waals surface area contributed by atoms with E-state index < -0.39 is 0 Å². The van der Waals surface area contributed by atoms with E-state index in [2.05, 4.69) is 26.8 Å². The second kappa shape index (κ2) is 8.45. The third-order valence-corrected chi connectivity index (χ3v) is 5.12. The van der Waals surface area contributed by atoms with E-state index in [0.717, 1.165) is 49.9 Å². The number of nitrogen functional groups attached to an aromatic ring is 1. The molecule has 2 rings (SSSR count). The number of anilines is 2. The van der Waals surface area contributed by atoms with E-state index in [1.54, 1.807) is 0 Å². The summed E-state index contributed by atoms with van der Waals surface area (Å²) in [5, 5.41) is 7.07. The lowest BCUT2D eigenvalue weighted by Crippen LogP contribution is -2.43. The van der Waals surface area contributed by atoms with Crippen LogP contribution in [0.1, 0.15) is 22.5 Å². The van der Waals surface area contributed by atoms with Crippen LogP contribution in [-0.4, -0.2) is 55.6 Å². The summed E-state index contributed by atoms with van der Waals surface area (Å²) in [5.41, 5.74) is 5.89. The van der Waals surface area contributed by atoms with Crippen LogP contribution in [0.5, 0.6) is 0 Å². The molecule has 118 valence electrons. The van der Waals surface area contributed by atoms with E-state index in [-0.39, 0.29) is 5.91 Å². The molecule has 0 aromatic carbocycles. The smallest absolute Gasteiger partial charge is 0.265 e. The van der Waals surface area contributed by atoms with Crippen LogP contribution >= 0.6 is 23.1 Å². The average molecular weight is 329 g/mol. The molecule has 0 bridgehead atoms. The lowest BCUT2D eigenvalue weighted by atomic mass is 10.3. The van der Waals surface area contributed by atoms with Crippen LogP contribution in [0.3, 0.4) is 0 Å². The van der Waals surface area contributed by atoms with Gasteiger partial charge in [0, 0.05) is 32.7 Å². The van der Waals surface area contributed by atoms with Crippen molar-refractivity contribution < 1.29 is 4.79 Å². The number of thiazole rings is 1. The molecule has 8 heteroatoms. The van der Waals surface area contributed by atoms with Crippen molar-refractivity contribution in [2.24, 2.45) is 0 Å². The van der Waals surface area contributed by atoms with Crippen molar-refractivity contribution in [1.29, 1.82) is 0 Å². The molecule has 0 aliphatic carbocycles. The van der Waals surface area contributed by atoms with Gasteiger partial charge >= 0.3 is 0 Å². The Balaban J connectivity index is 1.87. The quantitative estimate of drug-likeness (QED) is 0.648. The fourth-order valence-corrected chi connectivity index (χ4v) is 3.57. The number of carbonyl (C=O) groups excluding carboxylic acids is 1. The van der Waals surface area contributed by atoms with Crippen LogP contribution in [0.25, 0.3) is 0 Å². The lowest BCUT2D eigenvalue weighted by Gasteiger charge is -2.26. The van der Waals surface area contributed by atoms with Gasteiger partial charge in [-0.2, -0.15) is 11.8 Å². The van der Waals surface area contributed by atoms with Crippen molar-refractivity contribution in [3.8, 4) is 0 Å². The van der Waals surface area contributed by atoms with Crippen LogP contribution in [0.4, 0.5) is 10.9 Å². The summed E-state index contributed by atoms with van der Waals surface area (Å²) in [6, 6.07) is 0. The topological polar surface area (TPSA) is 83.3 Å². The highest BCUT2D eigenvalue weighted by Crippen LogP contribution is 2.28. The number of nitrogens with one attached hydrogen (secondary N) is 2. The third kappa shape index (κ3) is 4.76. The maximum Gasteiger partial charge on any atom is 0.265 e. The molecule has 0 radical (unpaired) electrons. The average Bonchev–Trinajstić information content (AvgIpc) is 2.90. The van der Waals surface area contributed by atoms with Gasteiger partial charge in [-0.1, -0.05) is 11.3 Å². The molecule has 4 N–H and O–H groups in total. The van der Waals surface area contributed by atoms with Crippen molar-refractivity contribution in [1.82, 2.24) is 15.6 Å². The minimum atomic E-state index is -0.101. The Morgan fingerprint density at radius 2 is 2.24 bits per heavy atom. The summed E-state index contributed by atoms with van der Waals surface area (Å²) in [7, 11) is 0. The minimum Gasteiger partial charge on any atom is -0.382 e. The van der Waals surface area contributed by atoms with E-state index in [9.17, 15) is 4.79 Å². The summed E-state index contributed by atoms with van der Waals surface area (Å²) in [4.78, 5) is 19.2. The van der Waals surface area contributed by atoms with Gasteiger partial charge < -0.3 is 21.3 Å². The molecule has 1 aliphatic heterocycles. The number of piperazine rings is 1. The highest BCUT2D eigenvalue weighted by Gasteiger charge is 2.20. The number of hydrogen-bond donors (Lipinski definition) is 3. The number of unbranched alkanes of at least 4 members (excludes halogenated alkanes) is 1. The summed E-state index contributed by atoms with van der Waals surface area (Å²) < 4.78 is 0. The van der Waals surface area contributed by atoms with E-state index in [4.69, 9.17) is 5.73 Å². The van der Waals surface area contributed by atoms with Gasteiger partial charge in [0.15, 0.2) is 5.13 Å². The highest BCUT2D eigenvalue weighted by molar-refractivity contribution is 7.98. The SMILES string of the molecule is CSCCCCNC(=O)c1sc(N2CCNCC2)nc1N. The van der Waals surface area contributed by atoms with Gasteiger partial charge in [-0.05, 0) is 24.9 Å². The number of hydrogen-bond acceptors (Lipinski definition) is 7. The predicted molar refractivity (Wildman–Crippen MR) is 91.6 cm³/mol. The normalized spacial score (nSPS) is 15.2. The molecule has 0 unspecified atom stereocenters. The number of thioether (sulfide) groups is 1. The van der Waals surface area contributed by atoms with Gasteiger partial charge in [-0.15, -0.1) is 0 Å². The van der Waals surface area contributed by atoms with Crippen molar-refractivity contribution in [3.63, 3.8) is 0 Å². The molecular weight excluding hydrogens is 306 g/mol. The van der Waals surface area contributed by atoms with Gasteiger partial charge in [0.05, 0.1) is 0 Å². The molecule has 1 amide bonds. The maximum absolute atomic E-state index is 12.1. The lowest BCUT2D eigenvalue weighted by molar-refractivity contribution is 0.0958. The summed E-state index contributed by atoms with van der Waals surface area (Å²) in [6.45, 7) is 4.39. The first-order valence-corrected chi connectivity index (χ1v) is 9.42. The van der Waals surface area contributed by atoms with Gasteiger partial charge in [0.1, 0.15) is 10.7 Å². The zero-order valence-corrected chi connectivity index (χ0v) is 14.0. The Hall–Kier alpha value is -0.990. The van der Waals surface area contributed by atoms with E-state index in [0.29, 0.717) is 17.2 Å². The summed E-state index contributed by atoms with van der Waals surface area (Å²) >= 11 is 3.22. The molecule has 0 spiro atoms. The van der Waals surface area contributed by atoms with Crippen LogP contribution < -0.4 is 21.3 Å². The fourth-order valence-electron chi connectivity index (χ4n) is 2.13. The Kier molecular flexibility index (Phi) is 6.59. The van der Waals surface area contributed by atoms with Crippen LogP contribution in [0.15, 0.2) is 0 Å². The first kappa shape index (κ1) is 16.4. The number of amides is 1. The second-order valence-corrected chi connectivity index (χ2v) is 6.87. The van der Waals surface area contributed by atoms with Crippen LogP contribution in [0, 0.1) is 0 Å². The van der Waals surface area contributed by atoms with Crippen LogP contribution in [0.2, 0.25) is 0 Å². The van der Waals surface area contributed by atoms with Gasteiger partial charge in [0.2, 0.25) is 0 Å². The predicted octanol–water partition coefficient (Wildman–Crippen LogP) is 1.01. The highest BCUT2D eigenvalue weighted by atomic mass is 32.2. The Bertz CT molecular complexity index is 459. The Labute approximate surface area is 133 Å². The molecule has 1 aliphatic rings. The molecule has 6 nitrogen and oxygen atoms in total. The van der Waals surface area contributed by atoms with Gasteiger partial charge in [-0.3, -0.25) is 4.79 Å². The molecule has 0 atom stereocenters. The second-order valence-electron chi connectivity index (χ2n) is 4.90. The maximum atomic E-state index is 12.1. The molecule has 0 saturated carbocycles.